The lowest BCUT2D eigenvalue weighted by molar-refractivity contribution is -0.384. The molecule has 1 aromatic heterocycles. The van der Waals surface area contributed by atoms with Crippen molar-refractivity contribution in [2.45, 2.75) is 18.9 Å². The van der Waals surface area contributed by atoms with Crippen LogP contribution in [0.3, 0.4) is 0 Å². The van der Waals surface area contributed by atoms with E-state index in [2.05, 4.69) is 15.5 Å². The molecule has 0 spiro atoms. The van der Waals surface area contributed by atoms with E-state index in [1.54, 1.807) is 18.2 Å². The number of nitrogens with one attached hydrogen (secondary N) is 1. The number of nitro groups is 1. The van der Waals surface area contributed by atoms with Crippen molar-refractivity contribution < 1.29 is 9.45 Å². The molecule has 1 saturated carbocycles. The highest BCUT2D eigenvalue weighted by molar-refractivity contribution is 5.67. The Morgan fingerprint density at radius 1 is 1.39 bits per heavy atom. The first-order valence-corrected chi connectivity index (χ1v) is 5.58. The van der Waals surface area contributed by atoms with E-state index in [1.807, 2.05) is 0 Å². The van der Waals surface area contributed by atoms with E-state index in [1.165, 1.54) is 6.07 Å². The molecule has 7 nitrogen and oxygen atoms in total. The molecule has 1 aliphatic carbocycles. The monoisotopic (exact) mass is 246 g/mol. The Morgan fingerprint density at radius 3 is 2.89 bits per heavy atom. The normalized spacial score (nSPS) is 14.4. The number of anilines is 1. The lowest BCUT2D eigenvalue weighted by atomic mass is 10.2. The first-order chi connectivity index (χ1) is 8.74. The van der Waals surface area contributed by atoms with Crippen LogP contribution < -0.4 is 5.32 Å². The predicted molar refractivity (Wildman–Crippen MR) is 63.0 cm³/mol. The minimum absolute atomic E-state index is 0.0312. The van der Waals surface area contributed by atoms with Crippen LogP contribution in [0.15, 0.2) is 28.8 Å². The molecule has 1 aromatic carbocycles. The molecular formula is C11H10N4O3. The third-order valence-corrected chi connectivity index (χ3v) is 2.67. The van der Waals surface area contributed by atoms with Gasteiger partial charge in [0.1, 0.15) is 5.56 Å². The average Bonchev–Trinajstić information content (AvgIpc) is 3.05. The van der Waals surface area contributed by atoms with E-state index >= 15 is 0 Å². The van der Waals surface area contributed by atoms with E-state index in [9.17, 15) is 10.1 Å². The van der Waals surface area contributed by atoms with Gasteiger partial charge in [-0.25, -0.2) is 0 Å². The van der Waals surface area contributed by atoms with Gasteiger partial charge in [0.25, 0.3) is 5.69 Å². The standard InChI is InChI=1S/C11H10N4O3/c16-15(17)9-4-2-1-3-8(9)10-13-11(18-14-10)12-7-5-6-7/h1-4,7H,5-6H2,(H,12,13,14). The molecule has 0 radical (unpaired) electrons. The highest BCUT2D eigenvalue weighted by Crippen LogP contribution is 2.29. The van der Waals surface area contributed by atoms with Gasteiger partial charge < -0.3 is 9.84 Å². The fourth-order valence-electron chi connectivity index (χ4n) is 1.62. The van der Waals surface area contributed by atoms with E-state index in [4.69, 9.17) is 4.52 Å². The van der Waals surface area contributed by atoms with E-state index in [0.717, 1.165) is 12.8 Å². The molecule has 0 unspecified atom stereocenters. The van der Waals surface area contributed by atoms with Gasteiger partial charge in [-0.3, -0.25) is 10.1 Å². The first kappa shape index (κ1) is 10.7. The van der Waals surface area contributed by atoms with Crippen LogP contribution in [-0.4, -0.2) is 21.1 Å². The molecule has 1 heterocycles. The largest absolute Gasteiger partial charge is 0.335 e. The maximum Gasteiger partial charge on any atom is 0.322 e. The van der Waals surface area contributed by atoms with E-state index in [0.29, 0.717) is 17.6 Å². The summed E-state index contributed by atoms with van der Waals surface area (Å²) >= 11 is 0. The zero-order valence-corrected chi connectivity index (χ0v) is 9.37. The number of benzene rings is 1. The molecule has 0 aliphatic heterocycles. The predicted octanol–water partition coefficient (Wildman–Crippen LogP) is 2.22. The van der Waals surface area contributed by atoms with Crippen LogP contribution in [0.1, 0.15) is 12.8 Å². The molecule has 3 rings (SSSR count). The van der Waals surface area contributed by atoms with Crippen LogP contribution in [0.2, 0.25) is 0 Å². The van der Waals surface area contributed by atoms with Crippen LogP contribution in [-0.2, 0) is 0 Å². The minimum Gasteiger partial charge on any atom is -0.335 e. The summed E-state index contributed by atoms with van der Waals surface area (Å²) in [6.45, 7) is 0. The summed E-state index contributed by atoms with van der Waals surface area (Å²) in [5, 5.41) is 17.7. The van der Waals surface area contributed by atoms with Gasteiger partial charge in [0.05, 0.1) is 4.92 Å². The summed E-state index contributed by atoms with van der Waals surface area (Å²) < 4.78 is 5.01. The number of nitro benzene ring substituents is 1. The highest BCUT2D eigenvalue weighted by atomic mass is 16.6. The van der Waals surface area contributed by atoms with Crippen molar-refractivity contribution in [3.63, 3.8) is 0 Å². The molecule has 2 aromatic rings. The average molecular weight is 246 g/mol. The van der Waals surface area contributed by atoms with E-state index in [-0.39, 0.29) is 11.5 Å². The van der Waals surface area contributed by atoms with Crippen molar-refractivity contribution in [1.29, 1.82) is 0 Å². The van der Waals surface area contributed by atoms with Gasteiger partial charge in [-0.15, -0.1) is 0 Å². The van der Waals surface area contributed by atoms with Gasteiger partial charge in [-0.2, -0.15) is 4.98 Å². The lowest BCUT2D eigenvalue weighted by Crippen LogP contribution is -2.00. The zero-order valence-electron chi connectivity index (χ0n) is 9.37. The number of nitrogens with zero attached hydrogens (tertiary/aromatic N) is 3. The Hall–Kier alpha value is -2.44. The lowest BCUT2D eigenvalue weighted by Gasteiger charge is -1.96. The smallest absolute Gasteiger partial charge is 0.322 e. The fraction of sp³-hybridized carbons (Fsp3) is 0.273. The van der Waals surface area contributed by atoms with Gasteiger partial charge in [0, 0.05) is 12.1 Å². The first-order valence-electron chi connectivity index (χ1n) is 5.58. The molecule has 92 valence electrons. The molecule has 0 atom stereocenters. The fourth-order valence-corrected chi connectivity index (χ4v) is 1.62. The molecule has 0 amide bonds. The van der Waals surface area contributed by atoms with Crippen LogP contribution in [0.5, 0.6) is 0 Å². The van der Waals surface area contributed by atoms with Crippen LogP contribution in [0, 0.1) is 10.1 Å². The van der Waals surface area contributed by atoms with Crippen molar-refractivity contribution >= 4 is 11.7 Å². The molecule has 0 saturated heterocycles. The number of hydrogen-bond acceptors (Lipinski definition) is 6. The Balaban J connectivity index is 1.93. The van der Waals surface area contributed by atoms with Gasteiger partial charge >= 0.3 is 6.01 Å². The maximum absolute atomic E-state index is 10.9. The topological polar surface area (TPSA) is 94.1 Å². The third-order valence-electron chi connectivity index (χ3n) is 2.67. The SMILES string of the molecule is O=[N+]([O-])c1ccccc1-c1noc(NC2CC2)n1. The Bertz CT molecular complexity index is 591. The maximum atomic E-state index is 10.9. The highest BCUT2D eigenvalue weighted by Gasteiger charge is 2.24. The molecule has 18 heavy (non-hydrogen) atoms. The van der Waals surface area contributed by atoms with Crippen LogP contribution >= 0.6 is 0 Å². The third kappa shape index (κ3) is 2.02. The Morgan fingerprint density at radius 2 is 2.17 bits per heavy atom. The van der Waals surface area contributed by atoms with Gasteiger partial charge in [-0.1, -0.05) is 17.3 Å². The van der Waals surface area contributed by atoms with Crippen LogP contribution in [0.4, 0.5) is 11.7 Å². The molecular weight excluding hydrogens is 236 g/mol. The van der Waals surface area contributed by atoms with Gasteiger partial charge in [-0.05, 0) is 18.9 Å². The van der Waals surface area contributed by atoms with Gasteiger partial charge in [0.2, 0.25) is 5.82 Å². The second-order valence-corrected chi connectivity index (χ2v) is 4.12. The van der Waals surface area contributed by atoms with Crippen molar-refractivity contribution in [3.05, 3.63) is 34.4 Å². The molecule has 7 heteroatoms. The minimum atomic E-state index is -0.459. The molecule has 1 N–H and O–H groups in total. The summed E-state index contributed by atoms with van der Waals surface area (Å²) in [4.78, 5) is 14.5. The quantitative estimate of drug-likeness (QED) is 0.656. The Kier molecular flexibility index (Phi) is 2.44. The van der Waals surface area contributed by atoms with Crippen LogP contribution in [0.25, 0.3) is 11.4 Å². The number of rotatable bonds is 4. The molecule has 1 fully saturated rings. The molecule has 1 aliphatic rings. The molecule has 0 bridgehead atoms. The summed E-state index contributed by atoms with van der Waals surface area (Å²) in [7, 11) is 0. The summed E-state index contributed by atoms with van der Waals surface area (Å²) in [6, 6.07) is 7.02. The van der Waals surface area contributed by atoms with Crippen molar-refractivity contribution in [3.8, 4) is 11.4 Å². The van der Waals surface area contributed by atoms with Gasteiger partial charge in [0.15, 0.2) is 0 Å². The number of para-hydroxylation sites is 1. The summed E-state index contributed by atoms with van der Waals surface area (Å²) in [5.41, 5.74) is 0.325. The van der Waals surface area contributed by atoms with E-state index < -0.39 is 4.92 Å². The van der Waals surface area contributed by atoms with Crippen molar-refractivity contribution in [2.24, 2.45) is 0 Å². The van der Waals surface area contributed by atoms with Crippen molar-refractivity contribution in [1.82, 2.24) is 10.1 Å². The summed E-state index contributed by atoms with van der Waals surface area (Å²) in [5.74, 6) is 0.227. The number of hydrogen-bond donors (Lipinski definition) is 1. The Labute approximate surface area is 102 Å². The summed E-state index contributed by atoms with van der Waals surface area (Å²) in [6.07, 6.45) is 2.17. The second-order valence-electron chi connectivity index (χ2n) is 4.12. The zero-order chi connectivity index (χ0) is 12.5. The number of aromatic nitrogens is 2. The second kappa shape index (κ2) is 4.10. The van der Waals surface area contributed by atoms with Crippen molar-refractivity contribution in [2.75, 3.05) is 5.32 Å².